The van der Waals surface area contributed by atoms with Crippen molar-refractivity contribution in [3.63, 3.8) is 0 Å². The van der Waals surface area contributed by atoms with Gasteiger partial charge in [0.25, 0.3) is 0 Å². The Bertz CT molecular complexity index is 494. The van der Waals surface area contributed by atoms with Crippen LogP contribution in [0.5, 0.6) is 11.5 Å². The zero-order chi connectivity index (χ0) is 14.1. The summed E-state index contributed by atoms with van der Waals surface area (Å²) in [6.07, 6.45) is 1.42. The van der Waals surface area contributed by atoms with Crippen molar-refractivity contribution in [2.45, 2.75) is 25.5 Å². The van der Waals surface area contributed by atoms with Crippen LogP contribution in [0.25, 0.3) is 0 Å². The van der Waals surface area contributed by atoms with E-state index in [0.717, 1.165) is 29.0 Å². The predicted octanol–water partition coefficient (Wildman–Crippen LogP) is 2.91. The molecule has 1 saturated heterocycles. The number of hydrogen-bond donors (Lipinski definition) is 1. The molecule has 110 valence electrons. The fourth-order valence-electron chi connectivity index (χ4n) is 3.05. The lowest BCUT2D eigenvalue weighted by Crippen LogP contribution is -2.26. The third-order valence-electron chi connectivity index (χ3n) is 4.01. The summed E-state index contributed by atoms with van der Waals surface area (Å²) in [6, 6.07) is 4.35. The van der Waals surface area contributed by atoms with Gasteiger partial charge in [-0.3, -0.25) is 0 Å². The van der Waals surface area contributed by atoms with Gasteiger partial charge in [-0.05, 0) is 38.1 Å². The molecule has 2 aliphatic heterocycles. The minimum absolute atomic E-state index is 0.255. The molecular weight excluding hydrogens is 322 g/mol. The fraction of sp³-hybridized carbons (Fsp3) is 0.600. The summed E-state index contributed by atoms with van der Waals surface area (Å²) < 4.78 is 18.1. The lowest BCUT2D eigenvalue weighted by molar-refractivity contribution is 0.117. The first-order chi connectivity index (χ1) is 9.69. The molecule has 1 aromatic rings. The topological polar surface area (TPSA) is 39.7 Å². The Morgan fingerprint density at radius 3 is 2.55 bits per heavy atom. The Hall–Kier alpha value is -0.780. The van der Waals surface area contributed by atoms with Crippen molar-refractivity contribution >= 4 is 15.9 Å². The average molecular weight is 342 g/mol. The van der Waals surface area contributed by atoms with Crippen molar-refractivity contribution < 1.29 is 14.2 Å². The van der Waals surface area contributed by atoms with Gasteiger partial charge in [0.1, 0.15) is 13.2 Å². The van der Waals surface area contributed by atoms with Crippen LogP contribution in [0.4, 0.5) is 0 Å². The summed E-state index contributed by atoms with van der Waals surface area (Å²) in [4.78, 5) is 0. The van der Waals surface area contributed by atoms with E-state index in [1.165, 1.54) is 5.56 Å². The van der Waals surface area contributed by atoms with Crippen LogP contribution in [0.1, 0.15) is 24.9 Å². The summed E-state index contributed by atoms with van der Waals surface area (Å²) in [5.41, 5.74) is 1.21. The average Bonchev–Trinajstić information content (AvgIpc) is 2.86. The quantitative estimate of drug-likeness (QED) is 0.917. The summed E-state index contributed by atoms with van der Waals surface area (Å²) in [7, 11) is 2.00. The summed E-state index contributed by atoms with van der Waals surface area (Å²) in [6.45, 7) is 4.16. The molecule has 4 nitrogen and oxygen atoms in total. The first kappa shape index (κ1) is 14.2. The first-order valence-corrected chi connectivity index (χ1v) is 7.86. The summed E-state index contributed by atoms with van der Waals surface area (Å²) in [5, 5.41) is 3.42. The number of halogens is 1. The van der Waals surface area contributed by atoms with Crippen LogP contribution in [0, 0.1) is 5.92 Å². The molecule has 2 aliphatic rings. The number of fused-ring (bicyclic) bond motifs is 1. The molecule has 0 radical (unpaired) electrons. The van der Waals surface area contributed by atoms with Crippen LogP contribution in [-0.4, -0.2) is 33.0 Å². The SMILES string of the molecule is CNC(c1cc2c(cc1Br)OCCO2)C1COC(C)C1. The van der Waals surface area contributed by atoms with Gasteiger partial charge in [0.2, 0.25) is 0 Å². The Balaban J connectivity index is 1.91. The smallest absolute Gasteiger partial charge is 0.162 e. The van der Waals surface area contributed by atoms with Crippen molar-refractivity contribution in [2.24, 2.45) is 5.92 Å². The highest BCUT2D eigenvalue weighted by atomic mass is 79.9. The standard InChI is InChI=1S/C15H20BrNO3/c1-9-5-10(8-20-9)15(17-2)11-6-13-14(7-12(11)16)19-4-3-18-13/h6-7,9-10,15,17H,3-5,8H2,1-2H3. The van der Waals surface area contributed by atoms with E-state index < -0.39 is 0 Å². The van der Waals surface area contributed by atoms with Gasteiger partial charge in [0.15, 0.2) is 11.5 Å². The molecule has 3 atom stereocenters. The lowest BCUT2D eigenvalue weighted by atomic mass is 9.91. The molecule has 0 bridgehead atoms. The van der Waals surface area contributed by atoms with E-state index in [9.17, 15) is 0 Å². The molecule has 0 saturated carbocycles. The first-order valence-electron chi connectivity index (χ1n) is 7.07. The molecule has 1 aromatic carbocycles. The molecule has 0 spiro atoms. The van der Waals surface area contributed by atoms with Crippen LogP contribution < -0.4 is 14.8 Å². The zero-order valence-corrected chi connectivity index (χ0v) is 13.4. The number of nitrogens with one attached hydrogen (secondary N) is 1. The fourth-order valence-corrected chi connectivity index (χ4v) is 3.61. The zero-order valence-electron chi connectivity index (χ0n) is 11.8. The van der Waals surface area contributed by atoms with Crippen LogP contribution in [-0.2, 0) is 4.74 Å². The van der Waals surface area contributed by atoms with Crippen LogP contribution >= 0.6 is 15.9 Å². The van der Waals surface area contributed by atoms with Gasteiger partial charge in [-0.15, -0.1) is 0 Å². The second-order valence-electron chi connectivity index (χ2n) is 5.42. The lowest BCUT2D eigenvalue weighted by Gasteiger charge is -2.26. The summed E-state index contributed by atoms with van der Waals surface area (Å²) in [5.74, 6) is 2.13. The second-order valence-corrected chi connectivity index (χ2v) is 6.28. The van der Waals surface area contributed by atoms with Gasteiger partial charge < -0.3 is 19.5 Å². The van der Waals surface area contributed by atoms with Gasteiger partial charge in [0.05, 0.1) is 12.7 Å². The monoisotopic (exact) mass is 341 g/mol. The van der Waals surface area contributed by atoms with Crippen LogP contribution in [0.15, 0.2) is 16.6 Å². The van der Waals surface area contributed by atoms with Crippen molar-refractivity contribution in [1.29, 1.82) is 0 Å². The predicted molar refractivity (Wildman–Crippen MR) is 80.5 cm³/mol. The van der Waals surface area contributed by atoms with E-state index in [4.69, 9.17) is 14.2 Å². The largest absolute Gasteiger partial charge is 0.486 e. The Kier molecular flexibility index (Phi) is 4.19. The molecular formula is C15H20BrNO3. The number of rotatable bonds is 3. The second kappa shape index (κ2) is 5.92. The van der Waals surface area contributed by atoms with E-state index in [0.29, 0.717) is 25.2 Å². The van der Waals surface area contributed by atoms with Crippen molar-refractivity contribution in [2.75, 3.05) is 26.9 Å². The number of hydrogen-bond acceptors (Lipinski definition) is 4. The Morgan fingerprint density at radius 1 is 1.25 bits per heavy atom. The molecule has 0 aromatic heterocycles. The van der Waals surface area contributed by atoms with E-state index in [1.54, 1.807) is 0 Å². The maximum atomic E-state index is 5.71. The summed E-state index contributed by atoms with van der Waals surface area (Å²) >= 11 is 3.66. The molecule has 1 N–H and O–H groups in total. The Labute approximate surface area is 127 Å². The molecule has 1 fully saturated rings. The van der Waals surface area contributed by atoms with Gasteiger partial charge in [-0.2, -0.15) is 0 Å². The van der Waals surface area contributed by atoms with Gasteiger partial charge >= 0.3 is 0 Å². The minimum Gasteiger partial charge on any atom is -0.486 e. The van der Waals surface area contributed by atoms with Crippen molar-refractivity contribution in [3.8, 4) is 11.5 Å². The highest BCUT2D eigenvalue weighted by Gasteiger charge is 2.31. The van der Waals surface area contributed by atoms with Crippen LogP contribution in [0.3, 0.4) is 0 Å². The van der Waals surface area contributed by atoms with Gasteiger partial charge in [0, 0.05) is 16.4 Å². The maximum absolute atomic E-state index is 5.71. The van der Waals surface area contributed by atoms with Crippen molar-refractivity contribution in [3.05, 3.63) is 22.2 Å². The third-order valence-corrected chi connectivity index (χ3v) is 4.70. The molecule has 0 amide bonds. The molecule has 3 unspecified atom stereocenters. The van der Waals surface area contributed by atoms with E-state index >= 15 is 0 Å². The molecule has 0 aliphatic carbocycles. The third kappa shape index (κ3) is 2.67. The van der Waals surface area contributed by atoms with Gasteiger partial charge in [-0.25, -0.2) is 0 Å². The Morgan fingerprint density at radius 2 is 1.95 bits per heavy atom. The number of benzene rings is 1. The highest BCUT2D eigenvalue weighted by Crippen LogP contribution is 2.41. The number of ether oxygens (including phenoxy) is 3. The normalized spacial score (nSPS) is 26.6. The minimum atomic E-state index is 0.255. The van der Waals surface area contributed by atoms with Crippen LogP contribution in [0.2, 0.25) is 0 Å². The molecule has 3 rings (SSSR count). The van der Waals surface area contributed by atoms with Crippen molar-refractivity contribution in [1.82, 2.24) is 5.32 Å². The highest BCUT2D eigenvalue weighted by molar-refractivity contribution is 9.10. The van der Waals surface area contributed by atoms with E-state index in [2.05, 4.69) is 34.2 Å². The molecule has 20 heavy (non-hydrogen) atoms. The molecule has 5 heteroatoms. The van der Waals surface area contributed by atoms with Gasteiger partial charge in [-0.1, -0.05) is 15.9 Å². The van der Waals surface area contributed by atoms with E-state index in [1.807, 2.05) is 13.1 Å². The molecule has 2 heterocycles. The maximum Gasteiger partial charge on any atom is 0.162 e. The van der Waals surface area contributed by atoms with E-state index in [-0.39, 0.29) is 6.04 Å².